The lowest BCUT2D eigenvalue weighted by Gasteiger charge is -1.96. The Morgan fingerprint density at radius 2 is 2.11 bits per heavy atom. The highest BCUT2D eigenvalue weighted by Crippen LogP contribution is 2.25. The first-order chi connectivity index (χ1) is 8.70. The number of hydrogen-bond donors (Lipinski definition) is 2. The molecule has 0 atom stereocenters. The van der Waals surface area contributed by atoms with Gasteiger partial charge in [0.15, 0.2) is 5.16 Å². The molecule has 2 heterocycles. The second-order valence-corrected chi connectivity index (χ2v) is 4.55. The highest BCUT2D eigenvalue weighted by atomic mass is 32.2. The molecule has 0 saturated heterocycles. The summed E-state index contributed by atoms with van der Waals surface area (Å²) in [6.45, 7) is 0. The Hall–Kier alpha value is -2.08. The summed E-state index contributed by atoms with van der Waals surface area (Å²) in [5, 5.41) is 11.7. The molecule has 1 aliphatic heterocycles. The second kappa shape index (κ2) is 3.99. The predicted molar refractivity (Wildman–Crippen MR) is 66.8 cm³/mol. The molecule has 1 aliphatic rings. The highest BCUT2D eigenvalue weighted by Gasteiger charge is 2.23. The Morgan fingerprint density at radius 1 is 1.33 bits per heavy atom. The van der Waals surface area contributed by atoms with E-state index in [-0.39, 0.29) is 11.8 Å². The van der Waals surface area contributed by atoms with E-state index >= 15 is 0 Å². The van der Waals surface area contributed by atoms with Crippen molar-refractivity contribution in [3.05, 3.63) is 40.5 Å². The number of nitrogens with one attached hydrogen (secondary N) is 1. The minimum absolute atomic E-state index is 0.172. The van der Waals surface area contributed by atoms with Crippen LogP contribution in [0.5, 0.6) is 5.88 Å². The van der Waals surface area contributed by atoms with Gasteiger partial charge in [-0.25, -0.2) is 4.99 Å². The topological polar surface area (TPSA) is 78.3 Å². The summed E-state index contributed by atoms with van der Waals surface area (Å²) in [6.07, 6.45) is 1.83. The zero-order valence-corrected chi connectivity index (χ0v) is 10.3. The number of fused-ring (bicyclic) bond motifs is 1. The van der Waals surface area contributed by atoms with E-state index < -0.39 is 0 Å². The van der Waals surface area contributed by atoms with Gasteiger partial charge in [-0.15, -0.1) is 0 Å². The van der Waals surface area contributed by atoms with Gasteiger partial charge in [0, 0.05) is 5.22 Å². The van der Waals surface area contributed by atoms with Crippen LogP contribution in [0.3, 0.4) is 0 Å². The van der Waals surface area contributed by atoms with Crippen molar-refractivity contribution in [1.29, 1.82) is 0 Å². The van der Waals surface area contributed by atoms with Crippen molar-refractivity contribution in [2.45, 2.75) is 5.16 Å². The normalized spacial score (nSPS) is 13.6. The van der Waals surface area contributed by atoms with Crippen molar-refractivity contribution in [2.24, 2.45) is 4.99 Å². The number of para-hydroxylation sites is 1. The van der Waals surface area contributed by atoms with Crippen molar-refractivity contribution in [2.75, 3.05) is 6.26 Å². The van der Waals surface area contributed by atoms with Gasteiger partial charge in [-0.3, -0.25) is 4.79 Å². The van der Waals surface area contributed by atoms with Gasteiger partial charge < -0.3 is 10.1 Å². The average Bonchev–Trinajstić information content (AvgIpc) is 2.88. The van der Waals surface area contributed by atoms with Crippen LogP contribution in [0.1, 0.15) is 5.69 Å². The largest absolute Gasteiger partial charge is 0.492 e. The van der Waals surface area contributed by atoms with Crippen molar-refractivity contribution in [3.8, 4) is 5.88 Å². The Kier molecular flexibility index (Phi) is 2.45. The molecular weight excluding hydrogens is 250 g/mol. The van der Waals surface area contributed by atoms with E-state index in [1.807, 2.05) is 18.4 Å². The first-order valence-corrected chi connectivity index (χ1v) is 6.49. The van der Waals surface area contributed by atoms with E-state index in [4.69, 9.17) is 0 Å². The highest BCUT2D eigenvalue weighted by molar-refractivity contribution is 7.98. The molecule has 2 N–H and O–H groups in total. The molecule has 5 nitrogen and oxygen atoms in total. The number of imidazole rings is 1. The third-order valence-electron chi connectivity index (χ3n) is 2.72. The van der Waals surface area contributed by atoms with Crippen LogP contribution in [0.25, 0.3) is 5.57 Å². The Bertz CT molecular complexity index is 764. The lowest BCUT2D eigenvalue weighted by Crippen LogP contribution is -2.22. The van der Waals surface area contributed by atoms with Crippen LogP contribution in [0.4, 0.5) is 0 Å². The minimum atomic E-state index is -0.359. The molecular formula is C12H9N3O2S. The molecule has 0 saturated carbocycles. The van der Waals surface area contributed by atoms with Crippen LogP contribution in [0.2, 0.25) is 0 Å². The number of aromatic hydroxyl groups is 1. The molecule has 1 aromatic carbocycles. The zero-order valence-electron chi connectivity index (χ0n) is 9.47. The average molecular weight is 259 g/mol. The van der Waals surface area contributed by atoms with E-state index in [0.717, 1.165) is 0 Å². The van der Waals surface area contributed by atoms with Gasteiger partial charge in [-0.2, -0.15) is 4.98 Å². The molecule has 3 rings (SSSR count). The standard InChI is InChI=1S/C12H9N3O2S/c1-18-12-14-9(11(17)15-12)8-6-4-2-3-5-7(6)13-10(8)16/h2-5,17H,1H3,(H,14,15). The van der Waals surface area contributed by atoms with Gasteiger partial charge in [-0.1, -0.05) is 30.0 Å². The van der Waals surface area contributed by atoms with Gasteiger partial charge in [0.2, 0.25) is 5.88 Å². The smallest absolute Gasteiger partial charge is 0.280 e. The third-order valence-corrected chi connectivity index (χ3v) is 3.30. The fraction of sp³-hybridized carbons (Fsp3) is 0.0833. The van der Waals surface area contributed by atoms with Crippen LogP contribution in [0.15, 0.2) is 34.4 Å². The van der Waals surface area contributed by atoms with Gasteiger partial charge in [0.25, 0.3) is 5.91 Å². The number of aromatic amines is 1. The summed E-state index contributed by atoms with van der Waals surface area (Å²) in [6, 6.07) is 7.22. The molecule has 90 valence electrons. The number of carbonyl (C=O) groups is 1. The molecule has 0 fully saturated rings. The monoisotopic (exact) mass is 259 g/mol. The quantitative estimate of drug-likeness (QED) is 0.755. The number of carbonyl (C=O) groups excluding carboxylic acids is 1. The van der Waals surface area contributed by atoms with Crippen LogP contribution in [0, 0.1) is 0 Å². The maximum absolute atomic E-state index is 11.9. The lowest BCUT2D eigenvalue weighted by molar-refractivity contribution is -0.112. The van der Waals surface area contributed by atoms with Crippen molar-refractivity contribution >= 4 is 23.2 Å². The molecule has 2 aromatic rings. The first kappa shape index (κ1) is 11.0. The summed E-state index contributed by atoms with van der Waals surface area (Å²) < 4.78 is 0. The fourth-order valence-electron chi connectivity index (χ4n) is 1.92. The summed E-state index contributed by atoms with van der Waals surface area (Å²) in [4.78, 5) is 22.7. The third kappa shape index (κ3) is 1.53. The van der Waals surface area contributed by atoms with E-state index in [9.17, 15) is 9.90 Å². The number of rotatable bonds is 2. The summed E-state index contributed by atoms with van der Waals surface area (Å²) in [5.74, 6) is -0.530. The Balaban J connectivity index is 2.33. The SMILES string of the molecule is CSc1nc(O)c(C2=c3ccccc3=NC2=O)[nH]1. The summed E-state index contributed by atoms with van der Waals surface area (Å²) >= 11 is 1.36. The van der Waals surface area contributed by atoms with Crippen LogP contribution < -0.4 is 10.6 Å². The number of H-pyrrole nitrogens is 1. The number of thioether (sulfide) groups is 1. The molecule has 6 heteroatoms. The molecule has 0 unspecified atom stereocenters. The Morgan fingerprint density at radius 3 is 2.83 bits per heavy atom. The summed E-state index contributed by atoms with van der Waals surface area (Å²) in [5.41, 5.74) is 0.703. The van der Waals surface area contributed by atoms with Gasteiger partial charge >= 0.3 is 0 Å². The molecule has 1 amide bonds. The number of benzene rings is 1. The van der Waals surface area contributed by atoms with E-state index in [1.54, 1.807) is 12.1 Å². The maximum Gasteiger partial charge on any atom is 0.280 e. The number of amides is 1. The molecule has 0 radical (unpaired) electrons. The molecule has 1 aromatic heterocycles. The fourth-order valence-corrected chi connectivity index (χ4v) is 2.30. The molecule has 0 bridgehead atoms. The molecule has 18 heavy (non-hydrogen) atoms. The predicted octanol–water partition coefficient (Wildman–Crippen LogP) is 0.196. The number of nitrogens with zero attached hydrogens (tertiary/aromatic N) is 2. The molecule has 0 spiro atoms. The Labute approximate surface area is 106 Å². The number of hydrogen-bond acceptors (Lipinski definition) is 4. The minimum Gasteiger partial charge on any atom is -0.492 e. The van der Waals surface area contributed by atoms with Gasteiger partial charge in [-0.05, 0) is 12.3 Å². The van der Waals surface area contributed by atoms with Gasteiger partial charge in [0.1, 0.15) is 5.69 Å². The zero-order chi connectivity index (χ0) is 12.7. The first-order valence-electron chi connectivity index (χ1n) is 5.26. The van der Waals surface area contributed by atoms with E-state index in [2.05, 4.69) is 15.0 Å². The van der Waals surface area contributed by atoms with Crippen molar-refractivity contribution in [3.63, 3.8) is 0 Å². The van der Waals surface area contributed by atoms with Crippen LogP contribution >= 0.6 is 11.8 Å². The van der Waals surface area contributed by atoms with Crippen LogP contribution in [-0.4, -0.2) is 27.2 Å². The van der Waals surface area contributed by atoms with Crippen LogP contribution in [-0.2, 0) is 4.79 Å². The lowest BCUT2D eigenvalue weighted by atomic mass is 10.1. The van der Waals surface area contributed by atoms with Crippen molar-refractivity contribution < 1.29 is 9.90 Å². The second-order valence-electron chi connectivity index (χ2n) is 3.75. The molecule has 0 aliphatic carbocycles. The summed E-state index contributed by atoms with van der Waals surface area (Å²) in [7, 11) is 0. The van der Waals surface area contributed by atoms with E-state index in [0.29, 0.717) is 27.0 Å². The van der Waals surface area contributed by atoms with E-state index in [1.165, 1.54) is 11.8 Å². The van der Waals surface area contributed by atoms with Gasteiger partial charge in [0.05, 0.1) is 10.9 Å². The van der Waals surface area contributed by atoms with Crippen molar-refractivity contribution in [1.82, 2.24) is 9.97 Å². The number of aromatic nitrogens is 2. The maximum atomic E-state index is 11.9.